The highest BCUT2D eigenvalue weighted by Crippen LogP contribution is 2.35. The van der Waals surface area contributed by atoms with Crippen LogP contribution in [0.3, 0.4) is 0 Å². The quantitative estimate of drug-likeness (QED) is 0.845. The van der Waals surface area contributed by atoms with Crippen molar-refractivity contribution in [2.24, 2.45) is 0 Å². The summed E-state index contributed by atoms with van der Waals surface area (Å²) in [6.45, 7) is 0.430. The van der Waals surface area contributed by atoms with E-state index in [1.165, 1.54) is 0 Å². The van der Waals surface area contributed by atoms with Gasteiger partial charge >= 0.3 is 0 Å². The molecule has 1 heterocycles. The van der Waals surface area contributed by atoms with Crippen molar-refractivity contribution in [2.45, 2.75) is 12.3 Å². The maximum absolute atomic E-state index is 12.6. The van der Waals surface area contributed by atoms with Crippen molar-refractivity contribution in [3.8, 4) is 11.5 Å². The van der Waals surface area contributed by atoms with Crippen LogP contribution in [0.15, 0.2) is 46.9 Å². The number of hydrogen-bond acceptors (Lipinski definition) is 3. The van der Waals surface area contributed by atoms with Crippen molar-refractivity contribution in [2.75, 3.05) is 13.7 Å². The average molecular weight is 347 g/mol. The lowest BCUT2D eigenvalue weighted by atomic mass is 9.93. The van der Waals surface area contributed by atoms with E-state index in [0.717, 1.165) is 27.1 Å². The number of hydrogen-bond donors (Lipinski definition) is 0. The lowest BCUT2D eigenvalue weighted by molar-refractivity contribution is -0.120. The third-order valence-electron chi connectivity index (χ3n) is 3.71. The molecule has 0 aromatic heterocycles. The van der Waals surface area contributed by atoms with Gasteiger partial charge in [0.1, 0.15) is 23.9 Å². The van der Waals surface area contributed by atoms with Crippen LogP contribution in [0, 0.1) is 0 Å². The smallest absolute Gasteiger partial charge is 0.148 e. The first-order chi connectivity index (χ1) is 10.2. The van der Waals surface area contributed by atoms with Gasteiger partial charge in [-0.25, -0.2) is 0 Å². The number of carbonyl (C=O) groups excluding carboxylic acids is 1. The lowest BCUT2D eigenvalue weighted by Gasteiger charge is -2.10. The Balaban J connectivity index is 1.82. The SMILES string of the molecule is COc1ccc(Br)c(CC(=O)C2COc3ccccc32)c1. The average Bonchev–Trinajstić information content (AvgIpc) is 2.93. The third-order valence-corrected chi connectivity index (χ3v) is 4.48. The molecule has 4 heteroatoms. The van der Waals surface area contributed by atoms with Crippen LogP contribution in [0.2, 0.25) is 0 Å². The number of rotatable bonds is 4. The first kappa shape index (κ1) is 14.1. The van der Waals surface area contributed by atoms with Crippen LogP contribution in [0.5, 0.6) is 11.5 Å². The Labute approximate surface area is 132 Å². The van der Waals surface area contributed by atoms with Gasteiger partial charge in [-0.05, 0) is 29.8 Å². The zero-order valence-electron chi connectivity index (χ0n) is 11.6. The first-order valence-corrected chi connectivity index (χ1v) is 7.55. The molecule has 108 valence electrons. The summed E-state index contributed by atoms with van der Waals surface area (Å²) in [7, 11) is 1.62. The minimum absolute atomic E-state index is 0.161. The van der Waals surface area contributed by atoms with E-state index in [9.17, 15) is 4.79 Å². The fraction of sp³-hybridized carbons (Fsp3) is 0.235. The van der Waals surface area contributed by atoms with Crippen LogP contribution in [0.1, 0.15) is 17.0 Å². The summed E-state index contributed by atoms with van der Waals surface area (Å²) in [5.74, 6) is 1.55. The van der Waals surface area contributed by atoms with Gasteiger partial charge in [0.25, 0.3) is 0 Å². The van der Waals surface area contributed by atoms with E-state index in [1.807, 2.05) is 42.5 Å². The summed E-state index contributed by atoms with van der Waals surface area (Å²) < 4.78 is 11.7. The first-order valence-electron chi connectivity index (χ1n) is 6.76. The van der Waals surface area contributed by atoms with E-state index in [0.29, 0.717) is 13.0 Å². The Kier molecular flexibility index (Phi) is 3.97. The molecule has 0 aliphatic carbocycles. The second kappa shape index (κ2) is 5.90. The molecule has 1 aliphatic rings. The molecule has 1 aliphatic heterocycles. The molecular weight excluding hydrogens is 332 g/mol. The van der Waals surface area contributed by atoms with Gasteiger partial charge in [-0.1, -0.05) is 34.1 Å². The molecule has 1 unspecified atom stereocenters. The number of ketones is 1. The van der Waals surface area contributed by atoms with Gasteiger partial charge in [-0.2, -0.15) is 0 Å². The minimum atomic E-state index is -0.181. The number of methoxy groups -OCH3 is 1. The largest absolute Gasteiger partial charge is 0.497 e. The van der Waals surface area contributed by atoms with E-state index >= 15 is 0 Å². The highest BCUT2D eigenvalue weighted by molar-refractivity contribution is 9.10. The van der Waals surface area contributed by atoms with Gasteiger partial charge in [-0.3, -0.25) is 4.79 Å². The van der Waals surface area contributed by atoms with Gasteiger partial charge in [0.2, 0.25) is 0 Å². The number of Topliss-reactive ketones (excluding diaryl/α,β-unsaturated/α-hetero) is 1. The highest BCUT2D eigenvalue weighted by atomic mass is 79.9. The molecule has 2 aromatic rings. The van der Waals surface area contributed by atoms with Crippen molar-refractivity contribution in [3.05, 3.63) is 58.1 Å². The standard InChI is InChI=1S/C17H15BrO3/c1-20-12-6-7-15(18)11(8-12)9-16(19)14-10-21-17-5-3-2-4-13(14)17/h2-8,14H,9-10H2,1H3. The van der Waals surface area contributed by atoms with Crippen molar-refractivity contribution < 1.29 is 14.3 Å². The Hall–Kier alpha value is -1.81. The van der Waals surface area contributed by atoms with Crippen LogP contribution >= 0.6 is 15.9 Å². The summed E-state index contributed by atoms with van der Waals surface area (Å²) in [5.41, 5.74) is 1.92. The van der Waals surface area contributed by atoms with Crippen molar-refractivity contribution in [3.63, 3.8) is 0 Å². The minimum Gasteiger partial charge on any atom is -0.497 e. The third kappa shape index (κ3) is 2.81. The maximum atomic E-state index is 12.6. The van der Waals surface area contributed by atoms with Gasteiger partial charge in [0, 0.05) is 16.5 Å². The predicted molar refractivity (Wildman–Crippen MR) is 84.1 cm³/mol. The number of benzene rings is 2. The molecule has 0 saturated heterocycles. The van der Waals surface area contributed by atoms with Gasteiger partial charge in [0.15, 0.2) is 0 Å². The second-order valence-corrected chi connectivity index (χ2v) is 5.86. The Bertz CT molecular complexity index is 681. The van der Waals surface area contributed by atoms with Gasteiger partial charge in [0.05, 0.1) is 13.0 Å². The van der Waals surface area contributed by atoms with Crippen LogP contribution in [0.25, 0.3) is 0 Å². The normalized spacial score (nSPS) is 16.2. The summed E-state index contributed by atoms with van der Waals surface area (Å²) in [5, 5.41) is 0. The fourth-order valence-corrected chi connectivity index (χ4v) is 2.94. The van der Waals surface area contributed by atoms with E-state index < -0.39 is 0 Å². The van der Waals surface area contributed by atoms with Crippen LogP contribution < -0.4 is 9.47 Å². The monoisotopic (exact) mass is 346 g/mol. The Morgan fingerprint density at radius 2 is 2.14 bits per heavy atom. The summed E-state index contributed by atoms with van der Waals surface area (Å²) in [4.78, 5) is 12.6. The van der Waals surface area contributed by atoms with Crippen LogP contribution in [0.4, 0.5) is 0 Å². The molecule has 0 spiro atoms. The summed E-state index contributed by atoms with van der Waals surface area (Å²) in [6, 6.07) is 13.4. The zero-order valence-corrected chi connectivity index (χ0v) is 13.2. The molecule has 0 fully saturated rings. The molecule has 0 bridgehead atoms. The maximum Gasteiger partial charge on any atom is 0.148 e. The fourth-order valence-electron chi connectivity index (χ4n) is 2.55. The second-order valence-electron chi connectivity index (χ2n) is 5.00. The summed E-state index contributed by atoms with van der Waals surface area (Å²) >= 11 is 3.49. The molecule has 0 saturated carbocycles. The van der Waals surface area contributed by atoms with Crippen molar-refractivity contribution in [1.29, 1.82) is 0 Å². The Morgan fingerprint density at radius 3 is 2.95 bits per heavy atom. The lowest BCUT2D eigenvalue weighted by Crippen LogP contribution is -2.16. The molecule has 0 N–H and O–H groups in total. The number of halogens is 1. The van der Waals surface area contributed by atoms with Gasteiger partial charge in [-0.15, -0.1) is 0 Å². The number of carbonyl (C=O) groups is 1. The highest BCUT2D eigenvalue weighted by Gasteiger charge is 2.30. The summed E-state index contributed by atoms with van der Waals surface area (Å²) in [6.07, 6.45) is 0.361. The molecular formula is C17H15BrO3. The number of ether oxygens (including phenoxy) is 2. The van der Waals surface area contributed by atoms with E-state index in [4.69, 9.17) is 9.47 Å². The molecule has 1 atom stereocenters. The van der Waals surface area contributed by atoms with E-state index in [-0.39, 0.29) is 11.7 Å². The number of para-hydroxylation sites is 1. The topological polar surface area (TPSA) is 35.5 Å². The molecule has 21 heavy (non-hydrogen) atoms. The van der Waals surface area contributed by atoms with Crippen molar-refractivity contribution in [1.82, 2.24) is 0 Å². The molecule has 3 nitrogen and oxygen atoms in total. The van der Waals surface area contributed by atoms with Crippen LogP contribution in [-0.4, -0.2) is 19.5 Å². The van der Waals surface area contributed by atoms with Crippen LogP contribution in [-0.2, 0) is 11.2 Å². The molecule has 2 aromatic carbocycles. The van der Waals surface area contributed by atoms with E-state index in [2.05, 4.69) is 15.9 Å². The molecule has 0 amide bonds. The molecule has 0 radical (unpaired) electrons. The number of fused-ring (bicyclic) bond motifs is 1. The molecule has 3 rings (SSSR count). The predicted octanol–water partition coefficient (Wildman–Crippen LogP) is 3.75. The van der Waals surface area contributed by atoms with Crippen molar-refractivity contribution >= 4 is 21.7 Å². The van der Waals surface area contributed by atoms with E-state index in [1.54, 1.807) is 7.11 Å². The zero-order chi connectivity index (χ0) is 14.8. The van der Waals surface area contributed by atoms with Gasteiger partial charge < -0.3 is 9.47 Å². The Morgan fingerprint density at radius 1 is 1.33 bits per heavy atom.